The molecule has 4 amide bonds. The maximum absolute atomic E-state index is 12.8. The average Bonchev–Trinajstić information content (AvgIpc) is 2.98. The molecule has 7 heteroatoms. The van der Waals surface area contributed by atoms with Gasteiger partial charge < -0.3 is 5.32 Å². The Balaban J connectivity index is 1.63. The van der Waals surface area contributed by atoms with Gasteiger partial charge in [-0.25, -0.2) is 9.59 Å². The Morgan fingerprint density at radius 1 is 1.10 bits per heavy atom. The Morgan fingerprint density at radius 3 is 2.52 bits per heavy atom. The second kappa shape index (κ2) is 4.76. The summed E-state index contributed by atoms with van der Waals surface area (Å²) in [6.07, 6.45) is 5.49. The average molecular weight is 293 g/mol. The molecule has 3 heterocycles. The standard InChI is InChI=1S/C14H23N5O2/c1-2-16-8-17-12-11(15-13(17)20)19(14(21)18(12)9-16)10-6-4-3-5-7-10/h10-12H,2-9H2,1H3,(H,15,20)/t11-,12+/m0/s1. The van der Waals surface area contributed by atoms with Crippen molar-refractivity contribution in [3.8, 4) is 0 Å². The molecule has 0 aromatic heterocycles. The van der Waals surface area contributed by atoms with Crippen LogP contribution in [0.2, 0.25) is 0 Å². The maximum Gasteiger partial charge on any atom is 0.324 e. The molecule has 0 spiro atoms. The number of carbonyl (C=O) groups is 2. The van der Waals surface area contributed by atoms with E-state index in [9.17, 15) is 9.59 Å². The van der Waals surface area contributed by atoms with Gasteiger partial charge in [0.25, 0.3) is 0 Å². The van der Waals surface area contributed by atoms with Crippen LogP contribution in [0.15, 0.2) is 0 Å². The number of nitrogens with one attached hydrogen (secondary N) is 1. The summed E-state index contributed by atoms with van der Waals surface area (Å²) >= 11 is 0. The normalized spacial score (nSPS) is 33.7. The minimum absolute atomic E-state index is 0.0403. The zero-order chi connectivity index (χ0) is 14.6. The summed E-state index contributed by atoms with van der Waals surface area (Å²) in [7, 11) is 0. The van der Waals surface area contributed by atoms with E-state index >= 15 is 0 Å². The lowest BCUT2D eigenvalue weighted by Gasteiger charge is -2.41. The summed E-state index contributed by atoms with van der Waals surface area (Å²) in [5.41, 5.74) is 0. The van der Waals surface area contributed by atoms with Gasteiger partial charge in [-0.15, -0.1) is 0 Å². The first kappa shape index (κ1) is 13.2. The van der Waals surface area contributed by atoms with Crippen LogP contribution in [0.1, 0.15) is 39.0 Å². The van der Waals surface area contributed by atoms with Crippen LogP contribution in [-0.4, -0.2) is 69.9 Å². The van der Waals surface area contributed by atoms with Gasteiger partial charge in [0, 0.05) is 6.04 Å². The third-order valence-corrected chi connectivity index (χ3v) is 5.34. The maximum atomic E-state index is 12.8. The van der Waals surface area contributed by atoms with Gasteiger partial charge in [0.05, 0.1) is 13.3 Å². The summed E-state index contributed by atoms with van der Waals surface area (Å²) in [6, 6.07) is 0.346. The molecule has 4 aliphatic rings. The van der Waals surface area contributed by atoms with Crippen LogP contribution in [0.3, 0.4) is 0 Å². The van der Waals surface area contributed by atoms with Gasteiger partial charge in [0.2, 0.25) is 0 Å². The van der Waals surface area contributed by atoms with Crippen molar-refractivity contribution in [2.45, 2.75) is 57.4 Å². The van der Waals surface area contributed by atoms with Crippen LogP contribution in [0.25, 0.3) is 0 Å². The molecule has 4 rings (SSSR count). The van der Waals surface area contributed by atoms with Gasteiger partial charge in [0.1, 0.15) is 6.17 Å². The first-order chi connectivity index (χ1) is 10.2. The van der Waals surface area contributed by atoms with Crippen LogP contribution in [0.4, 0.5) is 9.59 Å². The molecular weight excluding hydrogens is 270 g/mol. The highest BCUT2D eigenvalue weighted by Crippen LogP contribution is 2.36. The Morgan fingerprint density at radius 2 is 1.81 bits per heavy atom. The molecule has 3 aliphatic heterocycles. The summed E-state index contributed by atoms with van der Waals surface area (Å²) in [6.45, 7) is 4.15. The Bertz CT molecular complexity index is 464. The molecule has 1 saturated carbocycles. The number of carbonyl (C=O) groups excluding carboxylic acids is 2. The number of hydrogen-bond donors (Lipinski definition) is 1. The van der Waals surface area contributed by atoms with Gasteiger partial charge in [-0.3, -0.25) is 19.6 Å². The zero-order valence-corrected chi connectivity index (χ0v) is 12.5. The predicted molar refractivity (Wildman–Crippen MR) is 76.0 cm³/mol. The van der Waals surface area contributed by atoms with Crippen molar-refractivity contribution in [3.05, 3.63) is 0 Å². The van der Waals surface area contributed by atoms with Crippen LogP contribution in [-0.2, 0) is 0 Å². The van der Waals surface area contributed by atoms with E-state index in [-0.39, 0.29) is 30.4 Å². The van der Waals surface area contributed by atoms with E-state index in [4.69, 9.17) is 0 Å². The highest BCUT2D eigenvalue weighted by molar-refractivity contribution is 5.85. The zero-order valence-electron chi connectivity index (χ0n) is 12.5. The van der Waals surface area contributed by atoms with Crippen LogP contribution in [0.5, 0.6) is 0 Å². The number of rotatable bonds is 2. The monoisotopic (exact) mass is 293 g/mol. The van der Waals surface area contributed by atoms with Gasteiger partial charge in [0.15, 0.2) is 6.17 Å². The summed E-state index contributed by atoms with van der Waals surface area (Å²) in [5.74, 6) is 0. The lowest BCUT2D eigenvalue weighted by molar-refractivity contribution is -0.00760. The van der Waals surface area contributed by atoms with Crippen LogP contribution < -0.4 is 5.32 Å². The van der Waals surface area contributed by atoms with Crippen LogP contribution >= 0.6 is 0 Å². The Kier molecular flexibility index (Phi) is 2.99. The largest absolute Gasteiger partial charge is 0.324 e. The molecule has 0 unspecified atom stereocenters. The van der Waals surface area contributed by atoms with Crippen molar-refractivity contribution in [3.63, 3.8) is 0 Å². The molecule has 21 heavy (non-hydrogen) atoms. The van der Waals surface area contributed by atoms with E-state index < -0.39 is 0 Å². The third-order valence-electron chi connectivity index (χ3n) is 5.34. The molecule has 0 radical (unpaired) electrons. The van der Waals surface area contributed by atoms with Crippen molar-refractivity contribution in [2.75, 3.05) is 19.9 Å². The lowest BCUT2D eigenvalue weighted by atomic mass is 9.94. The number of urea groups is 2. The highest BCUT2D eigenvalue weighted by Gasteiger charge is 2.58. The minimum atomic E-state index is -0.160. The summed E-state index contributed by atoms with van der Waals surface area (Å²) in [5, 5.41) is 3.03. The molecule has 0 bridgehead atoms. The third kappa shape index (κ3) is 1.83. The number of amides is 4. The van der Waals surface area contributed by atoms with E-state index in [0.717, 1.165) is 19.4 Å². The van der Waals surface area contributed by atoms with E-state index in [1.165, 1.54) is 19.3 Å². The second-order valence-corrected chi connectivity index (χ2v) is 6.50. The fourth-order valence-electron chi connectivity index (χ4n) is 4.22. The Hall–Kier alpha value is -1.50. The Labute approximate surface area is 124 Å². The molecule has 116 valence electrons. The van der Waals surface area contributed by atoms with Crippen LogP contribution in [0, 0.1) is 0 Å². The van der Waals surface area contributed by atoms with Gasteiger partial charge in [-0.05, 0) is 19.4 Å². The molecule has 7 nitrogen and oxygen atoms in total. The fourth-order valence-corrected chi connectivity index (χ4v) is 4.22. The van der Waals surface area contributed by atoms with E-state index in [0.29, 0.717) is 13.3 Å². The molecule has 3 saturated heterocycles. The molecule has 1 aliphatic carbocycles. The predicted octanol–water partition coefficient (Wildman–Crippen LogP) is 0.985. The molecular formula is C14H23N5O2. The van der Waals surface area contributed by atoms with Crippen molar-refractivity contribution in [2.24, 2.45) is 0 Å². The first-order valence-corrected chi connectivity index (χ1v) is 8.09. The molecule has 4 fully saturated rings. The summed E-state index contributed by atoms with van der Waals surface area (Å²) < 4.78 is 0. The van der Waals surface area contributed by atoms with Crippen molar-refractivity contribution < 1.29 is 9.59 Å². The van der Waals surface area contributed by atoms with Crippen molar-refractivity contribution >= 4 is 12.1 Å². The lowest BCUT2D eigenvalue weighted by Crippen LogP contribution is -2.59. The second-order valence-electron chi connectivity index (χ2n) is 6.50. The molecule has 0 aromatic carbocycles. The van der Waals surface area contributed by atoms with Gasteiger partial charge in [-0.2, -0.15) is 0 Å². The SMILES string of the molecule is CCN1CN2C(=O)N[C@@H]3[C@H]2N(C1)C(=O)N3C1CCCCC1. The smallest absolute Gasteiger partial charge is 0.314 e. The minimum Gasteiger partial charge on any atom is -0.314 e. The molecule has 2 atom stereocenters. The summed E-state index contributed by atoms with van der Waals surface area (Å²) in [4.78, 5) is 32.8. The molecule has 1 N–H and O–H groups in total. The van der Waals surface area contributed by atoms with E-state index in [1.54, 1.807) is 4.90 Å². The first-order valence-electron chi connectivity index (χ1n) is 8.09. The van der Waals surface area contributed by atoms with Crippen molar-refractivity contribution in [1.82, 2.24) is 24.9 Å². The topological polar surface area (TPSA) is 59.1 Å². The van der Waals surface area contributed by atoms with Crippen molar-refractivity contribution in [1.29, 1.82) is 0 Å². The van der Waals surface area contributed by atoms with E-state index in [1.807, 2.05) is 9.80 Å². The van der Waals surface area contributed by atoms with Gasteiger partial charge >= 0.3 is 12.1 Å². The van der Waals surface area contributed by atoms with E-state index in [2.05, 4.69) is 17.1 Å². The quantitative estimate of drug-likeness (QED) is 0.826. The fraction of sp³-hybridized carbons (Fsp3) is 0.857. The number of hydrogen-bond acceptors (Lipinski definition) is 3. The highest BCUT2D eigenvalue weighted by atomic mass is 16.2. The number of nitrogens with zero attached hydrogens (tertiary/aromatic N) is 4. The molecule has 0 aromatic rings. The van der Waals surface area contributed by atoms with Gasteiger partial charge in [-0.1, -0.05) is 26.2 Å².